The molecule has 1 aromatic rings. The van der Waals surface area contributed by atoms with Crippen LogP contribution in [0.2, 0.25) is 5.15 Å². The summed E-state index contributed by atoms with van der Waals surface area (Å²) in [6, 6.07) is 3.07. The number of pyridine rings is 1. The maximum atomic E-state index is 12.1. The predicted octanol–water partition coefficient (Wildman–Crippen LogP) is 2.81. The quantitative estimate of drug-likeness (QED) is 0.611. The van der Waals surface area contributed by atoms with Crippen LogP contribution in [0.4, 0.5) is 0 Å². The van der Waals surface area contributed by atoms with Gasteiger partial charge in [0.15, 0.2) is 0 Å². The van der Waals surface area contributed by atoms with Crippen LogP contribution in [0.15, 0.2) is 18.3 Å². The van der Waals surface area contributed by atoms with Crippen LogP contribution >= 0.6 is 11.6 Å². The number of halogens is 1. The van der Waals surface area contributed by atoms with Crippen LogP contribution in [0.25, 0.3) is 0 Å². The molecule has 1 heterocycles. The molecule has 0 aliphatic heterocycles. The van der Waals surface area contributed by atoms with Gasteiger partial charge in [0.2, 0.25) is 10.0 Å². The molecule has 1 aliphatic rings. The summed E-state index contributed by atoms with van der Waals surface area (Å²) in [5.41, 5.74) is 0.456. The van der Waals surface area contributed by atoms with Crippen molar-refractivity contribution in [1.29, 1.82) is 0 Å². The molecule has 0 saturated heterocycles. The lowest BCUT2D eigenvalue weighted by Gasteiger charge is -2.20. The molecule has 0 bridgehead atoms. The predicted molar refractivity (Wildman–Crippen MR) is 92.1 cm³/mol. The highest BCUT2D eigenvalue weighted by molar-refractivity contribution is 7.89. The molecule has 0 radical (unpaired) electrons. The molecule has 0 aromatic carbocycles. The van der Waals surface area contributed by atoms with Gasteiger partial charge in [-0.15, -0.1) is 0 Å². The molecule has 0 unspecified atom stereocenters. The number of ether oxygens (including phenoxy) is 1. The minimum absolute atomic E-state index is 0.0245. The van der Waals surface area contributed by atoms with Crippen LogP contribution in [-0.4, -0.2) is 31.5 Å². The van der Waals surface area contributed by atoms with Crippen molar-refractivity contribution in [2.75, 3.05) is 0 Å². The summed E-state index contributed by atoms with van der Waals surface area (Å²) in [5.74, 6) is -0.972. The van der Waals surface area contributed by atoms with E-state index < -0.39 is 22.0 Å². The number of rotatable bonds is 6. The van der Waals surface area contributed by atoms with Gasteiger partial charge in [-0.2, -0.15) is 0 Å². The largest absolute Gasteiger partial charge is 0.365 e. The third kappa shape index (κ3) is 6.37. The average molecular weight is 375 g/mol. The van der Waals surface area contributed by atoms with Crippen LogP contribution in [0.1, 0.15) is 51.0 Å². The molecule has 134 valence electrons. The Morgan fingerprint density at radius 2 is 2.00 bits per heavy atom. The molecule has 24 heavy (non-hydrogen) atoms. The zero-order valence-electron chi connectivity index (χ0n) is 13.7. The van der Waals surface area contributed by atoms with E-state index in [9.17, 15) is 13.2 Å². The molecule has 1 fully saturated rings. The van der Waals surface area contributed by atoms with Crippen molar-refractivity contribution in [3.63, 3.8) is 0 Å². The van der Waals surface area contributed by atoms with Gasteiger partial charge in [-0.3, -0.25) is 9.52 Å². The second-order valence-electron chi connectivity index (χ2n) is 6.11. The minimum atomic E-state index is -3.80. The van der Waals surface area contributed by atoms with Crippen molar-refractivity contribution < 1.29 is 17.9 Å². The molecule has 8 heteroatoms. The fourth-order valence-electron chi connectivity index (χ4n) is 2.71. The van der Waals surface area contributed by atoms with Gasteiger partial charge >= 0.3 is 0 Å². The number of carbonyl (C=O) groups is 1. The topological polar surface area (TPSA) is 85.4 Å². The fourth-order valence-corrected chi connectivity index (χ4v) is 3.98. The van der Waals surface area contributed by atoms with E-state index in [1.807, 2.05) is 0 Å². The Kier molecular flexibility index (Phi) is 7.01. The first kappa shape index (κ1) is 19.1. The highest BCUT2D eigenvalue weighted by atomic mass is 35.5. The zero-order chi connectivity index (χ0) is 17.6. The van der Waals surface area contributed by atoms with Crippen LogP contribution in [0.3, 0.4) is 0 Å². The number of aromatic nitrogens is 1. The number of sulfonamides is 1. The first-order valence-corrected chi connectivity index (χ1v) is 10.2. The van der Waals surface area contributed by atoms with Crippen LogP contribution in [0.5, 0.6) is 0 Å². The van der Waals surface area contributed by atoms with Gasteiger partial charge in [0, 0.05) is 6.20 Å². The molecule has 1 aromatic heterocycles. The molecular weight excluding hydrogens is 352 g/mol. The Hall–Kier alpha value is -1.18. The first-order valence-electron chi connectivity index (χ1n) is 8.16. The molecular formula is C16H23ClN2O4S. The highest BCUT2D eigenvalue weighted by Crippen LogP contribution is 2.21. The SMILES string of the molecule is C[C@@H](OC1CCCCCC1)C(=O)NS(=O)(=O)Cc1ccc(Cl)nc1. The molecule has 0 spiro atoms. The van der Waals surface area contributed by atoms with E-state index in [0.717, 1.165) is 25.7 Å². The molecule has 1 amide bonds. The number of hydrogen-bond acceptors (Lipinski definition) is 5. The Balaban J connectivity index is 1.87. The summed E-state index contributed by atoms with van der Waals surface area (Å²) in [4.78, 5) is 15.9. The van der Waals surface area contributed by atoms with Gasteiger partial charge in [0.25, 0.3) is 5.91 Å². The van der Waals surface area contributed by atoms with Gasteiger partial charge in [-0.1, -0.05) is 43.4 Å². The Morgan fingerprint density at radius 1 is 1.33 bits per heavy atom. The summed E-state index contributed by atoms with van der Waals surface area (Å²) in [6.45, 7) is 1.58. The summed E-state index contributed by atoms with van der Waals surface area (Å²) < 4.78 is 32.0. The normalized spacial score (nSPS) is 17.9. The van der Waals surface area contributed by atoms with Crippen LogP contribution in [0, 0.1) is 0 Å². The van der Waals surface area contributed by atoms with Crippen molar-refractivity contribution in [3.05, 3.63) is 29.0 Å². The van der Waals surface area contributed by atoms with Crippen molar-refractivity contribution in [2.45, 2.75) is 63.4 Å². The molecule has 1 atom stereocenters. The van der Waals surface area contributed by atoms with Gasteiger partial charge in [0.1, 0.15) is 11.3 Å². The third-order valence-corrected chi connectivity index (χ3v) is 5.42. The first-order chi connectivity index (χ1) is 11.4. The average Bonchev–Trinajstić information content (AvgIpc) is 2.77. The fraction of sp³-hybridized carbons (Fsp3) is 0.625. The second-order valence-corrected chi connectivity index (χ2v) is 8.22. The van der Waals surface area contributed by atoms with E-state index in [0.29, 0.717) is 5.56 Å². The van der Waals surface area contributed by atoms with Crippen LogP contribution < -0.4 is 4.72 Å². The smallest absolute Gasteiger partial charge is 0.262 e. The summed E-state index contributed by atoms with van der Waals surface area (Å²) >= 11 is 5.67. The summed E-state index contributed by atoms with van der Waals surface area (Å²) in [6.07, 6.45) is 6.97. The van der Waals surface area contributed by atoms with E-state index in [1.165, 1.54) is 25.1 Å². The monoisotopic (exact) mass is 374 g/mol. The lowest BCUT2D eigenvalue weighted by molar-refractivity contribution is -0.133. The lowest BCUT2D eigenvalue weighted by atomic mass is 10.1. The van der Waals surface area contributed by atoms with Gasteiger partial charge in [-0.05, 0) is 31.4 Å². The van der Waals surface area contributed by atoms with Gasteiger partial charge < -0.3 is 4.74 Å². The Morgan fingerprint density at radius 3 is 2.58 bits per heavy atom. The molecule has 2 rings (SSSR count). The van der Waals surface area contributed by atoms with Crippen molar-refractivity contribution in [1.82, 2.24) is 9.71 Å². The lowest BCUT2D eigenvalue weighted by Crippen LogP contribution is -2.40. The minimum Gasteiger partial charge on any atom is -0.365 e. The van der Waals surface area contributed by atoms with Gasteiger partial charge in [0.05, 0.1) is 11.9 Å². The van der Waals surface area contributed by atoms with E-state index in [4.69, 9.17) is 16.3 Å². The molecule has 1 saturated carbocycles. The molecule has 6 nitrogen and oxygen atoms in total. The number of amides is 1. The second kappa shape index (κ2) is 8.78. The highest BCUT2D eigenvalue weighted by Gasteiger charge is 2.24. The summed E-state index contributed by atoms with van der Waals surface area (Å²) in [7, 11) is -3.80. The zero-order valence-corrected chi connectivity index (χ0v) is 15.3. The van der Waals surface area contributed by atoms with Crippen LogP contribution in [-0.2, 0) is 25.3 Å². The van der Waals surface area contributed by atoms with E-state index in [1.54, 1.807) is 13.0 Å². The van der Waals surface area contributed by atoms with E-state index >= 15 is 0 Å². The number of carbonyl (C=O) groups excluding carboxylic acids is 1. The van der Waals surface area contributed by atoms with E-state index in [-0.39, 0.29) is 17.0 Å². The maximum absolute atomic E-state index is 12.1. The summed E-state index contributed by atoms with van der Waals surface area (Å²) in [5, 5.41) is 0.283. The number of nitrogens with zero attached hydrogens (tertiary/aromatic N) is 1. The third-order valence-electron chi connectivity index (χ3n) is 3.97. The Bertz CT molecular complexity index is 641. The number of nitrogens with one attached hydrogen (secondary N) is 1. The van der Waals surface area contributed by atoms with Crippen molar-refractivity contribution >= 4 is 27.5 Å². The molecule has 1 N–H and O–H groups in total. The Labute approximate surface area is 148 Å². The van der Waals surface area contributed by atoms with E-state index in [2.05, 4.69) is 9.71 Å². The van der Waals surface area contributed by atoms with Crippen molar-refractivity contribution in [3.8, 4) is 0 Å². The molecule has 1 aliphatic carbocycles. The maximum Gasteiger partial charge on any atom is 0.262 e. The standard InChI is InChI=1S/C16H23ClN2O4S/c1-12(23-14-6-4-2-3-5-7-14)16(20)19-24(21,22)11-13-8-9-15(17)18-10-13/h8-10,12,14H,2-7,11H2,1H3,(H,19,20)/t12-/m1/s1. The van der Waals surface area contributed by atoms with Crippen molar-refractivity contribution in [2.24, 2.45) is 0 Å². The van der Waals surface area contributed by atoms with Gasteiger partial charge in [-0.25, -0.2) is 13.4 Å². The number of hydrogen-bond donors (Lipinski definition) is 1.